The largest absolute Gasteiger partial charge is 0.465 e. The van der Waals surface area contributed by atoms with Crippen molar-refractivity contribution in [2.45, 2.75) is 0 Å². The normalized spacial score (nSPS) is 10.6. The third kappa shape index (κ3) is 1.43. The molecule has 0 radical (unpaired) electrons. The Kier molecular flexibility index (Phi) is 2.11. The Morgan fingerprint density at radius 3 is 3.00 bits per heavy atom. The number of fused-ring (bicyclic) bond motifs is 1. The van der Waals surface area contributed by atoms with Crippen molar-refractivity contribution in [3.63, 3.8) is 0 Å². The molecule has 0 aromatic carbocycles. The molecule has 15 heavy (non-hydrogen) atoms. The lowest BCUT2D eigenvalue weighted by molar-refractivity contribution is -0.728. The van der Waals surface area contributed by atoms with E-state index in [1.807, 2.05) is 0 Å². The van der Waals surface area contributed by atoms with Crippen LogP contribution in [0.3, 0.4) is 0 Å². The first-order valence-electron chi connectivity index (χ1n) is 4.40. The predicted molar refractivity (Wildman–Crippen MR) is 51.0 cm³/mol. The van der Waals surface area contributed by atoms with Gasteiger partial charge in [-0.2, -0.15) is 5.10 Å². The molecule has 2 aromatic rings. The Morgan fingerprint density at radius 2 is 2.33 bits per heavy atom. The van der Waals surface area contributed by atoms with Gasteiger partial charge in [-0.25, -0.2) is 9.48 Å². The molecule has 6 heteroatoms. The minimum atomic E-state index is -0.383. The number of rotatable bonds is 1. The van der Waals surface area contributed by atoms with E-state index in [-0.39, 0.29) is 5.97 Å². The van der Waals surface area contributed by atoms with Gasteiger partial charge in [0, 0.05) is 12.1 Å². The van der Waals surface area contributed by atoms with Crippen molar-refractivity contribution in [2.24, 2.45) is 14.1 Å². The van der Waals surface area contributed by atoms with E-state index in [4.69, 9.17) is 4.74 Å². The van der Waals surface area contributed by atoms with E-state index >= 15 is 0 Å². The van der Waals surface area contributed by atoms with Gasteiger partial charge in [0.25, 0.3) is 0 Å². The molecule has 0 saturated carbocycles. The second-order valence-electron chi connectivity index (χ2n) is 3.21. The van der Waals surface area contributed by atoms with Gasteiger partial charge in [0.2, 0.25) is 11.8 Å². The van der Waals surface area contributed by atoms with Gasteiger partial charge in [-0.05, 0) is 0 Å². The SMILES string of the molecule is COC(=O)c1c[n+](C)nc2c1cnn2C. The first kappa shape index (κ1) is 9.57. The fourth-order valence-corrected chi connectivity index (χ4v) is 1.45. The zero-order valence-corrected chi connectivity index (χ0v) is 8.76. The number of aryl methyl sites for hydroxylation is 2. The van der Waals surface area contributed by atoms with Gasteiger partial charge in [-0.15, -0.1) is 0 Å². The van der Waals surface area contributed by atoms with Crippen LogP contribution in [0.15, 0.2) is 12.4 Å². The summed E-state index contributed by atoms with van der Waals surface area (Å²) in [5, 5.41) is 8.97. The van der Waals surface area contributed by atoms with Gasteiger partial charge in [-0.3, -0.25) is 0 Å². The number of aromatic nitrogens is 4. The van der Waals surface area contributed by atoms with Crippen LogP contribution in [-0.2, 0) is 18.8 Å². The third-order valence-electron chi connectivity index (χ3n) is 2.17. The maximum Gasteiger partial charge on any atom is 0.344 e. The molecule has 2 rings (SSSR count). The first-order chi connectivity index (χ1) is 7.13. The maximum absolute atomic E-state index is 11.5. The summed E-state index contributed by atoms with van der Waals surface area (Å²) >= 11 is 0. The molecular formula is C9H11N4O2+. The van der Waals surface area contributed by atoms with Crippen molar-refractivity contribution >= 4 is 17.0 Å². The highest BCUT2D eigenvalue weighted by atomic mass is 16.5. The minimum Gasteiger partial charge on any atom is -0.465 e. The molecule has 2 aromatic heterocycles. The van der Waals surface area contributed by atoms with Gasteiger partial charge >= 0.3 is 5.97 Å². The van der Waals surface area contributed by atoms with Crippen molar-refractivity contribution in [2.75, 3.05) is 7.11 Å². The molecule has 78 valence electrons. The monoisotopic (exact) mass is 207 g/mol. The fraction of sp³-hybridized carbons (Fsp3) is 0.333. The van der Waals surface area contributed by atoms with E-state index in [1.165, 1.54) is 7.11 Å². The first-order valence-corrected chi connectivity index (χ1v) is 4.40. The van der Waals surface area contributed by atoms with Crippen LogP contribution in [-0.4, -0.2) is 28.0 Å². The van der Waals surface area contributed by atoms with Gasteiger partial charge in [0.15, 0.2) is 7.05 Å². The second kappa shape index (κ2) is 3.30. The highest BCUT2D eigenvalue weighted by Gasteiger charge is 2.19. The van der Waals surface area contributed by atoms with Gasteiger partial charge in [0.1, 0.15) is 5.56 Å². The average Bonchev–Trinajstić information content (AvgIpc) is 2.58. The lowest BCUT2D eigenvalue weighted by Gasteiger charge is -1.97. The molecule has 0 amide bonds. The van der Waals surface area contributed by atoms with Crippen molar-refractivity contribution in [3.8, 4) is 0 Å². The summed E-state index contributed by atoms with van der Waals surface area (Å²) in [7, 11) is 4.88. The molecule has 0 fully saturated rings. The number of carbonyl (C=O) groups excluding carboxylic acids is 1. The van der Waals surface area contributed by atoms with Crippen LogP contribution in [0.4, 0.5) is 0 Å². The molecule has 2 heterocycles. The summed E-state index contributed by atoms with van der Waals surface area (Å²) in [6.45, 7) is 0. The van der Waals surface area contributed by atoms with E-state index in [1.54, 1.807) is 35.9 Å². The fourth-order valence-electron chi connectivity index (χ4n) is 1.45. The van der Waals surface area contributed by atoms with Crippen molar-refractivity contribution in [1.29, 1.82) is 0 Å². The number of esters is 1. The van der Waals surface area contributed by atoms with E-state index in [9.17, 15) is 4.79 Å². The average molecular weight is 207 g/mol. The molecule has 0 N–H and O–H groups in total. The summed E-state index contributed by atoms with van der Waals surface area (Å²) in [6, 6.07) is 0. The molecule has 0 spiro atoms. The molecule has 6 nitrogen and oxygen atoms in total. The van der Waals surface area contributed by atoms with Crippen molar-refractivity contribution in [3.05, 3.63) is 18.0 Å². The number of hydrogen-bond donors (Lipinski definition) is 0. The molecule has 0 bridgehead atoms. The summed E-state index contributed by atoms with van der Waals surface area (Å²) < 4.78 is 7.87. The van der Waals surface area contributed by atoms with Crippen molar-refractivity contribution in [1.82, 2.24) is 14.9 Å². The Morgan fingerprint density at radius 1 is 1.60 bits per heavy atom. The Balaban J connectivity index is 2.78. The molecular weight excluding hydrogens is 196 g/mol. The van der Waals surface area contributed by atoms with Crippen LogP contribution in [0.25, 0.3) is 11.0 Å². The zero-order valence-electron chi connectivity index (χ0n) is 8.76. The lowest BCUT2D eigenvalue weighted by atomic mass is 10.2. The molecule has 0 unspecified atom stereocenters. The standard InChI is InChI=1S/C9H11N4O2/c1-12-5-7(9(14)15-3)6-4-10-13(2)8(6)11-12/h4-5H,1-3H3/q+1. The summed E-state index contributed by atoms with van der Waals surface area (Å²) in [4.78, 5) is 11.5. The smallest absolute Gasteiger partial charge is 0.344 e. The minimum absolute atomic E-state index is 0.383. The van der Waals surface area contributed by atoms with Crippen LogP contribution < -0.4 is 4.68 Å². The number of nitrogens with zero attached hydrogens (tertiary/aromatic N) is 4. The van der Waals surface area contributed by atoms with Crippen LogP contribution in [0.2, 0.25) is 0 Å². The highest BCUT2D eigenvalue weighted by Crippen LogP contribution is 2.13. The van der Waals surface area contributed by atoms with Crippen LogP contribution in [0, 0.1) is 0 Å². The Hall–Kier alpha value is -1.98. The van der Waals surface area contributed by atoms with Crippen molar-refractivity contribution < 1.29 is 14.2 Å². The lowest BCUT2D eigenvalue weighted by Crippen LogP contribution is -2.34. The molecule has 0 aliphatic rings. The van der Waals surface area contributed by atoms with Gasteiger partial charge in [0.05, 0.1) is 18.7 Å². The summed E-state index contributed by atoms with van der Waals surface area (Å²) in [5.41, 5.74) is 1.12. The maximum atomic E-state index is 11.5. The molecule has 0 atom stereocenters. The highest BCUT2D eigenvalue weighted by molar-refractivity contribution is 6.01. The number of hydrogen-bond acceptors (Lipinski definition) is 4. The zero-order chi connectivity index (χ0) is 11.0. The van der Waals surface area contributed by atoms with E-state index in [2.05, 4.69) is 10.2 Å². The van der Waals surface area contributed by atoms with Gasteiger partial charge in [-0.1, -0.05) is 4.68 Å². The summed E-state index contributed by atoms with van der Waals surface area (Å²) in [6.07, 6.45) is 3.23. The topological polar surface area (TPSA) is 60.9 Å². The Bertz CT molecular complexity index is 532. The van der Waals surface area contributed by atoms with Crippen LogP contribution >= 0.6 is 0 Å². The van der Waals surface area contributed by atoms with E-state index in [0.29, 0.717) is 16.6 Å². The molecule has 0 aliphatic heterocycles. The number of ether oxygens (including phenoxy) is 1. The second-order valence-corrected chi connectivity index (χ2v) is 3.21. The number of carbonyl (C=O) groups is 1. The van der Waals surface area contributed by atoms with Crippen LogP contribution in [0.1, 0.15) is 10.4 Å². The van der Waals surface area contributed by atoms with E-state index in [0.717, 1.165) is 0 Å². The van der Waals surface area contributed by atoms with Crippen LogP contribution in [0.5, 0.6) is 0 Å². The third-order valence-corrected chi connectivity index (χ3v) is 2.17. The van der Waals surface area contributed by atoms with Gasteiger partial charge < -0.3 is 4.74 Å². The molecule has 0 saturated heterocycles. The molecule has 0 aliphatic carbocycles. The number of methoxy groups -OCH3 is 1. The summed E-state index contributed by atoms with van der Waals surface area (Å²) in [5.74, 6) is -0.383. The Labute approximate surface area is 86.1 Å². The van der Waals surface area contributed by atoms with E-state index < -0.39 is 0 Å². The predicted octanol–water partition coefficient (Wildman–Crippen LogP) is -0.421. The quantitative estimate of drug-likeness (QED) is 0.470.